The molecule has 4 aromatic rings. The number of rotatable bonds is 9. The highest BCUT2D eigenvalue weighted by atomic mass is 32.1. The fourth-order valence-corrected chi connectivity index (χ4v) is 4.75. The van der Waals surface area contributed by atoms with Gasteiger partial charge in [-0.15, -0.1) is 0 Å². The second-order valence-electron chi connectivity index (χ2n) is 7.37. The van der Waals surface area contributed by atoms with Crippen molar-refractivity contribution in [3.63, 3.8) is 0 Å². The standard InChI is InChI=1S/C24H27N5O3S/c1-5-28(6-2)13-14-29(23(30)18-15-25-16-9-7-8-10-17(16)26-18)24-27-21-19(31-3)11-12-20(32-4)22(21)33-24/h7-12,15H,5-6,13-14H2,1-4H3. The number of thiazole rings is 1. The molecule has 4 rings (SSSR count). The molecule has 0 spiro atoms. The van der Waals surface area contributed by atoms with E-state index in [1.807, 2.05) is 36.4 Å². The molecule has 2 aromatic carbocycles. The van der Waals surface area contributed by atoms with Gasteiger partial charge in [0.1, 0.15) is 27.4 Å². The summed E-state index contributed by atoms with van der Waals surface area (Å²) in [5.41, 5.74) is 2.38. The number of para-hydroxylation sites is 2. The summed E-state index contributed by atoms with van der Waals surface area (Å²) in [7, 11) is 3.23. The fourth-order valence-electron chi connectivity index (χ4n) is 3.65. The van der Waals surface area contributed by atoms with Crippen LogP contribution in [-0.4, -0.2) is 66.2 Å². The van der Waals surface area contributed by atoms with Crippen molar-refractivity contribution < 1.29 is 14.3 Å². The highest BCUT2D eigenvalue weighted by molar-refractivity contribution is 7.22. The Bertz CT molecular complexity index is 1230. The van der Waals surface area contributed by atoms with Crippen molar-refractivity contribution in [2.75, 3.05) is 45.3 Å². The Morgan fingerprint density at radius 2 is 1.64 bits per heavy atom. The summed E-state index contributed by atoms with van der Waals surface area (Å²) in [6.45, 7) is 7.20. The Labute approximate surface area is 196 Å². The van der Waals surface area contributed by atoms with Crippen LogP contribution in [-0.2, 0) is 0 Å². The number of carbonyl (C=O) groups excluding carboxylic acids is 1. The Morgan fingerprint density at radius 3 is 2.33 bits per heavy atom. The monoisotopic (exact) mass is 465 g/mol. The van der Waals surface area contributed by atoms with E-state index in [-0.39, 0.29) is 11.6 Å². The average Bonchev–Trinajstić information content (AvgIpc) is 3.30. The number of fused-ring (bicyclic) bond motifs is 2. The fraction of sp³-hybridized carbons (Fsp3) is 0.333. The Kier molecular flexibility index (Phi) is 7.00. The zero-order valence-electron chi connectivity index (χ0n) is 19.2. The van der Waals surface area contributed by atoms with Gasteiger partial charge in [-0.05, 0) is 37.4 Å². The van der Waals surface area contributed by atoms with Crippen LogP contribution < -0.4 is 14.4 Å². The molecule has 0 bridgehead atoms. The van der Waals surface area contributed by atoms with Gasteiger partial charge in [0.05, 0.1) is 31.4 Å². The minimum absolute atomic E-state index is 0.239. The number of aromatic nitrogens is 3. The van der Waals surface area contributed by atoms with Crippen molar-refractivity contribution in [1.82, 2.24) is 19.9 Å². The van der Waals surface area contributed by atoms with E-state index in [0.29, 0.717) is 40.8 Å². The van der Waals surface area contributed by atoms with Crippen LogP contribution in [0.15, 0.2) is 42.6 Å². The zero-order chi connectivity index (χ0) is 23.4. The van der Waals surface area contributed by atoms with Crippen molar-refractivity contribution in [3.8, 4) is 11.5 Å². The Morgan fingerprint density at radius 1 is 0.939 bits per heavy atom. The molecule has 33 heavy (non-hydrogen) atoms. The first-order valence-electron chi connectivity index (χ1n) is 10.9. The molecule has 0 unspecified atom stereocenters. The van der Waals surface area contributed by atoms with Crippen LogP contribution in [0.2, 0.25) is 0 Å². The van der Waals surface area contributed by atoms with E-state index in [4.69, 9.17) is 14.5 Å². The average molecular weight is 466 g/mol. The number of carbonyl (C=O) groups is 1. The molecule has 0 saturated heterocycles. The van der Waals surface area contributed by atoms with Gasteiger partial charge in [-0.2, -0.15) is 0 Å². The molecule has 0 radical (unpaired) electrons. The maximum atomic E-state index is 13.7. The number of ether oxygens (including phenoxy) is 2. The number of amides is 1. The second kappa shape index (κ2) is 10.1. The number of benzene rings is 2. The predicted molar refractivity (Wildman–Crippen MR) is 132 cm³/mol. The van der Waals surface area contributed by atoms with Gasteiger partial charge in [0, 0.05) is 13.1 Å². The highest BCUT2D eigenvalue weighted by Gasteiger charge is 2.25. The molecule has 2 aromatic heterocycles. The molecular weight excluding hydrogens is 438 g/mol. The first-order chi connectivity index (χ1) is 16.1. The lowest BCUT2D eigenvalue weighted by molar-refractivity contribution is 0.0979. The van der Waals surface area contributed by atoms with Gasteiger partial charge >= 0.3 is 0 Å². The molecule has 8 nitrogen and oxygen atoms in total. The summed E-state index contributed by atoms with van der Waals surface area (Å²) in [5, 5.41) is 0.569. The quantitative estimate of drug-likeness (QED) is 0.366. The molecule has 0 N–H and O–H groups in total. The zero-order valence-corrected chi connectivity index (χ0v) is 20.1. The highest BCUT2D eigenvalue weighted by Crippen LogP contribution is 2.40. The number of anilines is 1. The third-order valence-electron chi connectivity index (χ3n) is 5.58. The molecule has 0 fully saturated rings. The molecule has 0 saturated carbocycles. The molecule has 1 amide bonds. The maximum Gasteiger partial charge on any atom is 0.280 e. The summed E-state index contributed by atoms with van der Waals surface area (Å²) in [6, 6.07) is 11.2. The summed E-state index contributed by atoms with van der Waals surface area (Å²) in [4.78, 5) is 31.4. The topological polar surface area (TPSA) is 80.7 Å². The van der Waals surface area contributed by atoms with E-state index >= 15 is 0 Å². The lowest BCUT2D eigenvalue weighted by atomic mass is 10.3. The van der Waals surface area contributed by atoms with Crippen LogP contribution in [0.4, 0.5) is 5.13 Å². The molecule has 2 heterocycles. The largest absolute Gasteiger partial charge is 0.495 e. The number of nitrogens with zero attached hydrogens (tertiary/aromatic N) is 5. The van der Waals surface area contributed by atoms with Crippen molar-refractivity contribution >= 4 is 43.6 Å². The van der Waals surface area contributed by atoms with Crippen LogP contribution in [0.3, 0.4) is 0 Å². The summed E-state index contributed by atoms with van der Waals surface area (Å²) < 4.78 is 11.9. The van der Waals surface area contributed by atoms with Crippen LogP contribution in [0.5, 0.6) is 11.5 Å². The van der Waals surface area contributed by atoms with Gasteiger partial charge < -0.3 is 14.4 Å². The van der Waals surface area contributed by atoms with Gasteiger partial charge in [0.2, 0.25) is 0 Å². The lowest BCUT2D eigenvalue weighted by Crippen LogP contribution is -2.39. The summed E-state index contributed by atoms with van der Waals surface area (Å²) in [5.74, 6) is 1.09. The van der Waals surface area contributed by atoms with Gasteiger partial charge in [-0.25, -0.2) is 9.97 Å². The van der Waals surface area contributed by atoms with Crippen LogP contribution in [0.1, 0.15) is 24.3 Å². The van der Waals surface area contributed by atoms with Gasteiger partial charge in [-0.3, -0.25) is 14.7 Å². The third kappa shape index (κ3) is 4.60. The molecule has 0 atom stereocenters. The predicted octanol–water partition coefficient (Wildman–Crippen LogP) is 4.25. The first kappa shape index (κ1) is 22.9. The minimum Gasteiger partial charge on any atom is -0.495 e. The Balaban J connectivity index is 1.78. The molecular formula is C24H27N5O3S. The smallest absolute Gasteiger partial charge is 0.280 e. The molecule has 0 aliphatic rings. The number of hydrogen-bond donors (Lipinski definition) is 0. The minimum atomic E-state index is -0.239. The van der Waals surface area contributed by atoms with E-state index in [1.54, 1.807) is 19.1 Å². The molecule has 9 heteroatoms. The third-order valence-corrected chi connectivity index (χ3v) is 6.67. The summed E-state index contributed by atoms with van der Waals surface area (Å²) >= 11 is 1.40. The van der Waals surface area contributed by atoms with Crippen molar-refractivity contribution in [3.05, 3.63) is 48.3 Å². The molecule has 0 aliphatic heterocycles. The molecule has 0 aliphatic carbocycles. The molecule has 172 valence electrons. The number of likely N-dealkylation sites (N-methyl/N-ethyl adjacent to an activating group) is 1. The van der Waals surface area contributed by atoms with Crippen molar-refractivity contribution in [2.45, 2.75) is 13.8 Å². The van der Waals surface area contributed by atoms with Gasteiger partial charge in [0.25, 0.3) is 5.91 Å². The normalized spacial score (nSPS) is 11.3. The number of hydrogen-bond acceptors (Lipinski definition) is 8. The van der Waals surface area contributed by atoms with E-state index in [1.165, 1.54) is 17.5 Å². The van der Waals surface area contributed by atoms with Crippen molar-refractivity contribution in [1.29, 1.82) is 0 Å². The van der Waals surface area contributed by atoms with Crippen LogP contribution in [0, 0.1) is 0 Å². The van der Waals surface area contributed by atoms with Gasteiger partial charge in [-0.1, -0.05) is 37.3 Å². The number of methoxy groups -OCH3 is 2. The van der Waals surface area contributed by atoms with E-state index in [9.17, 15) is 4.79 Å². The van der Waals surface area contributed by atoms with E-state index < -0.39 is 0 Å². The SMILES string of the molecule is CCN(CC)CCN(C(=O)c1cnc2ccccc2n1)c1nc2c(OC)ccc(OC)c2s1. The van der Waals surface area contributed by atoms with Crippen LogP contribution >= 0.6 is 11.3 Å². The lowest BCUT2D eigenvalue weighted by Gasteiger charge is -2.24. The van der Waals surface area contributed by atoms with Crippen LogP contribution in [0.25, 0.3) is 21.3 Å². The second-order valence-corrected chi connectivity index (χ2v) is 8.35. The first-order valence-corrected chi connectivity index (χ1v) is 11.7. The van der Waals surface area contributed by atoms with Gasteiger partial charge in [0.15, 0.2) is 5.13 Å². The summed E-state index contributed by atoms with van der Waals surface area (Å²) in [6.07, 6.45) is 1.53. The van der Waals surface area contributed by atoms with Crippen molar-refractivity contribution in [2.24, 2.45) is 0 Å². The van der Waals surface area contributed by atoms with E-state index in [2.05, 4.69) is 28.7 Å². The maximum absolute atomic E-state index is 13.7. The van der Waals surface area contributed by atoms with E-state index in [0.717, 1.165) is 23.3 Å². The Hall–Kier alpha value is -3.30.